The zero-order valence-electron chi connectivity index (χ0n) is 9.69. The van der Waals surface area contributed by atoms with E-state index in [2.05, 4.69) is 27.6 Å². The van der Waals surface area contributed by atoms with E-state index >= 15 is 0 Å². The highest BCUT2D eigenvalue weighted by atomic mass is 127. The van der Waals surface area contributed by atoms with Crippen molar-refractivity contribution in [1.82, 2.24) is 4.98 Å². The van der Waals surface area contributed by atoms with Gasteiger partial charge in [0.05, 0.1) is 9.27 Å². The van der Waals surface area contributed by atoms with Gasteiger partial charge in [-0.2, -0.15) is 0 Å². The molecule has 1 spiro atoms. The lowest BCUT2D eigenvalue weighted by atomic mass is 9.99. The minimum atomic E-state index is -0.586. The quantitative estimate of drug-likeness (QED) is 0.569. The standard InChI is InChI=1S/C13H12INO3/c14-10(9-5-1-4-8-15-9)11-13(6-2-3-7-13)18-12(16)17-11/h1,4-5,8H,2-3,6-7H2/b11-10+. The average molecular weight is 357 g/mol. The summed E-state index contributed by atoms with van der Waals surface area (Å²) in [5, 5.41) is 0. The molecule has 18 heavy (non-hydrogen) atoms. The van der Waals surface area contributed by atoms with Crippen molar-refractivity contribution in [1.29, 1.82) is 0 Å². The predicted molar refractivity (Wildman–Crippen MR) is 73.9 cm³/mol. The van der Waals surface area contributed by atoms with Gasteiger partial charge in [-0.3, -0.25) is 4.98 Å². The van der Waals surface area contributed by atoms with Gasteiger partial charge in [-0.05, 0) is 60.4 Å². The third-order valence-corrected chi connectivity index (χ3v) is 4.42. The lowest BCUT2D eigenvalue weighted by molar-refractivity contribution is 0.0700. The lowest BCUT2D eigenvalue weighted by Gasteiger charge is -2.20. The molecule has 94 valence electrons. The minimum absolute atomic E-state index is 0.537. The number of hydrogen-bond acceptors (Lipinski definition) is 4. The van der Waals surface area contributed by atoms with Crippen LogP contribution in [0.25, 0.3) is 3.58 Å². The molecule has 1 saturated heterocycles. The van der Waals surface area contributed by atoms with Crippen molar-refractivity contribution in [2.24, 2.45) is 0 Å². The summed E-state index contributed by atoms with van der Waals surface area (Å²) in [6.07, 6.45) is 4.95. The fourth-order valence-electron chi connectivity index (χ4n) is 2.53. The van der Waals surface area contributed by atoms with Gasteiger partial charge in [-0.25, -0.2) is 4.79 Å². The van der Waals surface area contributed by atoms with Crippen LogP contribution in [-0.4, -0.2) is 16.7 Å². The van der Waals surface area contributed by atoms with Gasteiger partial charge in [0.1, 0.15) is 0 Å². The van der Waals surface area contributed by atoms with Crippen molar-refractivity contribution >= 4 is 32.3 Å². The number of carbonyl (C=O) groups excluding carboxylic acids is 1. The number of cyclic esters (lactones) is 1. The molecular weight excluding hydrogens is 345 g/mol. The molecule has 2 aliphatic rings. The first-order valence-electron chi connectivity index (χ1n) is 5.94. The molecule has 0 N–H and O–H groups in total. The van der Waals surface area contributed by atoms with Crippen LogP contribution >= 0.6 is 22.6 Å². The second-order valence-corrected chi connectivity index (χ2v) is 5.59. The van der Waals surface area contributed by atoms with Crippen LogP contribution < -0.4 is 0 Å². The number of nitrogens with zero attached hydrogens (tertiary/aromatic N) is 1. The van der Waals surface area contributed by atoms with Crippen molar-refractivity contribution in [2.45, 2.75) is 31.3 Å². The molecule has 1 saturated carbocycles. The smallest absolute Gasteiger partial charge is 0.419 e. The Morgan fingerprint density at radius 1 is 1.33 bits per heavy atom. The summed E-state index contributed by atoms with van der Waals surface area (Å²) < 4.78 is 11.6. The molecule has 1 aromatic heterocycles. The second kappa shape index (κ2) is 4.53. The molecule has 2 heterocycles. The molecule has 1 aromatic rings. The summed E-state index contributed by atoms with van der Waals surface area (Å²) in [6, 6.07) is 5.69. The molecule has 0 bridgehead atoms. The third kappa shape index (κ3) is 1.90. The first-order chi connectivity index (χ1) is 8.71. The maximum atomic E-state index is 11.4. The number of carbonyl (C=O) groups is 1. The molecule has 1 aliphatic carbocycles. The summed E-state index contributed by atoms with van der Waals surface area (Å²) in [5.41, 5.74) is 0.281. The first kappa shape index (κ1) is 12.0. The van der Waals surface area contributed by atoms with Crippen molar-refractivity contribution in [3.05, 3.63) is 35.8 Å². The van der Waals surface area contributed by atoms with Crippen molar-refractivity contribution in [3.8, 4) is 0 Å². The van der Waals surface area contributed by atoms with Gasteiger partial charge < -0.3 is 9.47 Å². The van der Waals surface area contributed by atoms with Crippen LogP contribution in [0.15, 0.2) is 30.2 Å². The molecule has 2 fully saturated rings. The van der Waals surface area contributed by atoms with Crippen molar-refractivity contribution in [2.75, 3.05) is 0 Å². The topological polar surface area (TPSA) is 48.4 Å². The molecule has 1 aliphatic heterocycles. The maximum Gasteiger partial charge on any atom is 0.514 e. The van der Waals surface area contributed by atoms with Crippen LogP contribution in [0.5, 0.6) is 0 Å². The lowest BCUT2D eigenvalue weighted by Crippen LogP contribution is -2.26. The fraction of sp³-hybridized carbons (Fsp3) is 0.385. The number of halogens is 1. The van der Waals surface area contributed by atoms with Gasteiger partial charge in [0.2, 0.25) is 0 Å². The number of pyridine rings is 1. The molecule has 0 aromatic carbocycles. The molecule has 3 rings (SSSR count). The van der Waals surface area contributed by atoms with E-state index in [0.717, 1.165) is 35.0 Å². The van der Waals surface area contributed by atoms with Gasteiger partial charge in [0.15, 0.2) is 11.4 Å². The zero-order chi connectivity index (χ0) is 12.6. The summed E-state index contributed by atoms with van der Waals surface area (Å²) in [7, 11) is 0. The van der Waals surface area contributed by atoms with Crippen molar-refractivity contribution in [3.63, 3.8) is 0 Å². The average Bonchev–Trinajstić information content (AvgIpc) is 2.98. The normalized spacial score (nSPS) is 23.9. The predicted octanol–water partition coefficient (Wildman–Crippen LogP) is 3.66. The van der Waals surface area contributed by atoms with E-state index in [4.69, 9.17) is 9.47 Å². The Morgan fingerprint density at radius 2 is 2.11 bits per heavy atom. The minimum Gasteiger partial charge on any atom is -0.419 e. The number of rotatable bonds is 1. The van der Waals surface area contributed by atoms with Gasteiger partial charge in [0.25, 0.3) is 0 Å². The summed E-state index contributed by atoms with van der Waals surface area (Å²) in [5.74, 6) is 0.643. The van der Waals surface area contributed by atoms with Gasteiger partial charge >= 0.3 is 6.16 Å². The fourth-order valence-corrected chi connectivity index (χ4v) is 3.45. The molecule has 0 amide bonds. The van der Waals surface area contributed by atoms with Gasteiger partial charge in [-0.1, -0.05) is 6.07 Å². The number of ether oxygens (including phenoxy) is 2. The monoisotopic (exact) mass is 357 g/mol. The Hall–Kier alpha value is -1.11. The highest BCUT2D eigenvalue weighted by Crippen LogP contribution is 2.47. The van der Waals surface area contributed by atoms with Gasteiger partial charge in [0, 0.05) is 6.20 Å². The highest BCUT2D eigenvalue weighted by Gasteiger charge is 2.51. The highest BCUT2D eigenvalue weighted by molar-refractivity contribution is 14.1. The molecular formula is C13H12INO3. The first-order valence-corrected chi connectivity index (χ1v) is 7.02. The van der Waals surface area contributed by atoms with E-state index in [-0.39, 0.29) is 0 Å². The van der Waals surface area contributed by atoms with Crippen LogP contribution in [0.1, 0.15) is 31.4 Å². The van der Waals surface area contributed by atoms with E-state index in [1.807, 2.05) is 18.2 Å². The van der Waals surface area contributed by atoms with Crippen LogP contribution in [0, 0.1) is 0 Å². The Labute approximate surface area is 119 Å². The van der Waals surface area contributed by atoms with Crippen LogP contribution in [0.2, 0.25) is 0 Å². The third-order valence-electron chi connectivity index (χ3n) is 3.38. The number of aromatic nitrogens is 1. The Kier molecular flexibility index (Phi) is 3.01. The molecule has 5 heteroatoms. The Balaban J connectivity index is 2.06. The van der Waals surface area contributed by atoms with E-state index in [0.29, 0.717) is 5.76 Å². The molecule has 0 unspecified atom stereocenters. The Morgan fingerprint density at radius 3 is 2.78 bits per heavy atom. The van der Waals surface area contributed by atoms with E-state index in [1.54, 1.807) is 6.20 Å². The van der Waals surface area contributed by atoms with Crippen molar-refractivity contribution < 1.29 is 14.3 Å². The molecule has 0 radical (unpaired) electrons. The SMILES string of the molecule is O=C1O/C(=C(/I)c2ccccn2)C2(CCCC2)O1. The van der Waals surface area contributed by atoms with E-state index in [9.17, 15) is 4.79 Å². The zero-order valence-corrected chi connectivity index (χ0v) is 11.8. The van der Waals surface area contributed by atoms with E-state index < -0.39 is 11.8 Å². The largest absolute Gasteiger partial charge is 0.514 e. The maximum absolute atomic E-state index is 11.4. The molecule has 0 atom stereocenters. The Bertz CT molecular complexity index is 506. The summed E-state index contributed by atoms with van der Waals surface area (Å²) in [6.45, 7) is 0. The second-order valence-electron chi connectivity index (χ2n) is 4.51. The number of hydrogen-bond donors (Lipinski definition) is 0. The summed E-state index contributed by atoms with van der Waals surface area (Å²) >= 11 is 2.18. The van der Waals surface area contributed by atoms with Crippen LogP contribution in [-0.2, 0) is 9.47 Å². The van der Waals surface area contributed by atoms with Crippen LogP contribution in [0.3, 0.4) is 0 Å². The molecule has 4 nitrogen and oxygen atoms in total. The summed E-state index contributed by atoms with van der Waals surface area (Å²) in [4.78, 5) is 15.7. The van der Waals surface area contributed by atoms with Gasteiger partial charge in [-0.15, -0.1) is 0 Å². The van der Waals surface area contributed by atoms with E-state index in [1.165, 1.54) is 0 Å². The van der Waals surface area contributed by atoms with Crippen LogP contribution in [0.4, 0.5) is 4.79 Å².